The molecule has 0 aliphatic heterocycles. The third kappa shape index (κ3) is 7.52. The second-order valence-corrected chi connectivity index (χ2v) is 7.61. The third-order valence-corrected chi connectivity index (χ3v) is 4.46. The van der Waals surface area contributed by atoms with Crippen LogP contribution in [0.2, 0.25) is 0 Å². The quantitative estimate of drug-likeness (QED) is 0.439. The Kier molecular flexibility index (Phi) is 7.99. The highest BCUT2D eigenvalue weighted by Gasteiger charge is 2.08. The van der Waals surface area contributed by atoms with Crippen LogP contribution in [0.4, 0.5) is 5.69 Å². The Morgan fingerprint density at radius 2 is 1.89 bits per heavy atom. The number of rotatable bonds is 7. The molecule has 0 unspecified atom stereocenters. The van der Waals surface area contributed by atoms with Gasteiger partial charge in [0.25, 0.3) is 5.91 Å². The lowest BCUT2D eigenvalue weighted by molar-refractivity contribution is -0.123. The maximum Gasteiger partial charge on any atom is 0.277 e. The molecule has 8 heteroatoms. The van der Waals surface area contributed by atoms with E-state index in [0.29, 0.717) is 17.1 Å². The summed E-state index contributed by atoms with van der Waals surface area (Å²) >= 11 is 6.73. The topological polar surface area (TPSA) is 79.8 Å². The minimum Gasteiger partial charge on any atom is -0.483 e. The molecule has 2 N–H and O–H groups in total. The zero-order chi connectivity index (χ0) is 19.8. The Morgan fingerprint density at radius 1 is 1.11 bits per heavy atom. The first-order valence-corrected chi connectivity index (χ1v) is 9.68. The third-order valence-electron chi connectivity index (χ3n) is 3.34. The van der Waals surface area contributed by atoms with Crippen molar-refractivity contribution in [3.8, 4) is 5.75 Å². The molecular formula is C19H19Br2N3O3. The Hall–Kier alpha value is -2.19. The lowest BCUT2D eigenvalue weighted by atomic mass is 10.2. The number of hydrogen-bond donors (Lipinski definition) is 2. The van der Waals surface area contributed by atoms with E-state index in [0.717, 1.165) is 14.5 Å². The number of nitrogens with one attached hydrogen (secondary N) is 2. The lowest BCUT2D eigenvalue weighted by Crippen LogP contribution is -2.26. The van der Waals surface area contributed by atoms with Gasteiger partial charge in [-0.15, -0.1) is 0 Å². The van der Waals surface area contributed by atoms with E-state index < -0.39 is 5.91 Å². The predicted octanol–water partition coefficient (Wildman–Crippen LogP) is 4.42. The Bertz CT molecular complexity index is 869. The van der Waals surface area contributed by atoms with Crippen LogP contribution in [0, 0.1) is 6.92 Å². The van der Waals surface area contributed by atoms with Crippen LogP contribution in [0.15, 0.2) is 56.5 Å². The standard InChI is InChI=1S/C19H19Br2N3O3/c1-12-6-7-17(16(21)8-12)27-11-19(26)24-23-13(2)9-18(25)22-15-5-3-4-14(20)10-15/h3-8,10H,9,11H2,1-2H3,(H,22,25)(H,24,26)/b23-13-. The van der Waals surface area contributed by atoms with E-state index in [-0.39, 0.29) is 18.9 Å². The Balaban J connectivity index is 1.78. The minimum absolute atomic E-state index is 0.0666. The van der Waals surface area contributed by atoms with Crippen LogP contribution in [0.25, 0.3) is 0 Å². The van der Waals surface area contributed by atoms with Gasteiger partial charge in [-0.25, -0.2) is 5.43 Å². The SMILES string of the molecule is C/C(CC(=O)Nc1cccc(Br)c1)=N/NC(=O)COc1ccc(C)cc1Br. The summed E-state index contributed by atoms with van der Waals surface area (Å²) in [4.78, 5) is 23.9. The van der Waals surface area contributed by atoms with Crippen molar-refractivity contribution in [2.45, 2.75) is 20.3 Å². The molecule has 2 aromatic rings. The van der Waals surface area contributed by atoms with Gasteiger partial charge >= 0.3 is 0 Å². The van der Waals surface area contributed by atoms with Crippen LogP contribution < -0.4 is 15.5 Å². The van der Waals surface area contributed by atoms with Gasteiger partial charge in [0.05, 0.1) is 10.9 Å². The largest absolute Gasteiger partial charge is 0.483 e. The van der Waals surface area contributed by atoms with Crippen molar-refractivity contribution >= 4 is 55.1 Å². The number of anilines is 1. The molecule has 0 spiro atoms. The summed E-state index contributed by atoms with van der Waals surface area (Å²) in [5.41, 5.74) is 4.63. The average molecular weight is 497 g/mol. The molecule has 142 valence electrons. The van der Waals surface area contributed by atoms with Crippen LogP contribution in [-0.4, -0.2) is 24.1 Å². The van der Waals surface area contributed by atoms with Crippen molar-refractivity contribution in [1.29, 1.82) is 0 Å². The highest BCUT2D eigenvalue weighted by Crippen LogP contribution is 2.25. The molecule has 0 saturated heterocycles. The van der Waals surface area contributed by atoms with Gasteiger partial charge in [0.2, 0.25) is 5.91 Å². The van der Waals surface area contributed by atoms with Gasteiger partial charge < -0.3 is 10.1 Å². The van der Waals surface area contributed by atoms with Crippen molar-refractivity contribution in [2.75, 3.05) is 11.9 Å². The number of halogens is 2. The minimum atomic E-state index is -0.408. The second kappa shape index (κ2) is 10.2. The monoisotopic (exact) mass is 495 g/mol. The summed E-state index contributed by atoms with van der Waals surface area (Å²) in [6, 6.07) is 12.9. The van der Waals surface area contributed by atoms with Gasteiger partial charge in [0.1, 0.15) is 5.75 Å². The number of carbonyl (C=O) groups excluding carboxylic acids is 2. The van der Waals surface area contributed by atoms with Crippen LogP contribution in [0.5, 0.6) is 5.75 Å². The number of hydrogen-bond acceptors (Lipinski definition) is 4. The maximum atomic E-state index is 12.0. The molecule has 0 saturated carbocycles. The van der Waals surface area contributed by atoms with Gasteiger partial charge in [-0.2, -0.15) is 5.10 Å². The summed E-state index contributed by atoms with van der Waals surface area (Å²) in [5, 5.41) is 6.69. The maximum absolute atomic E-state index is 12.0. The van der Waals surface area contributed by atoms with Crippen molar-refractivity contribution < 1.29 is 14.3 Å². The van der Waals surface area contributed by atoms with E-state index in [4.69, 9.17) is 4.74 Å². The summed E-state index contributed by atoms with van der Waals surface area (Å²) in [7, 11) is 0. The van der Waals surface area contributed by atoms with Crippen molar-refractivity contribution in [3.63, 3.8) is 0 Å². The molecule has 0 fully saturated rings. The number of aryl methyl sites for hydroxylation is 1. The van der Waals surface area contributed by atoms with Gasteiger partial charge in [-0.1, -0.05) is 28.1 Å². The van der Waals surface area contributed by atoms with E-state index in [2.05, 4.69) is 47.7 Å². The number of carbonyl (C=O) groups is 2. The summed E-state index contributed by atoms with van der Waals surface area (Å²) < 4.78 is 7.10. The molecular weight excluding hydrogens is 478 g/mol. The first-order valence-electron chi connectivity index (χ1n) is 8.10. The molecule has 0 aromatic heterocycles. The van der Waals surface area contributed by atoms with E-state index in [9.17, 15) is 9.59 Å². The number of nitrogens with zero attached hydrogens (tertiary/aromatic N) is 1. The van der Waals surface area contributed by atoms with Crippen LogP contribution in [0.3, 0.4) is 0 Å². The number of amides is 2. The molecule has 0 aliphatic rings. The smallest absolute Gasteiger partial charge is 0.277 e. The van der Waals surface area contributed by atoms with E-state index in [1.165, 1.54) is 0 Å². The molecule has 27 heavy (non-hydrogen) atoms. The summed E-state index contributed by atoms with van der Waals surface area (Å²) in [5.74, 6) is -0.0532. The van der Waals surface area contributed by atoms with Gasteiger partial charge in [0, 0.05) is 15.9 Å². The number of ether oxygens (including phenoxy) is 1. The second-order valence-electron chi connectivity index (χ2n) is 5.84. The van der Waals surface area contributed by atoms with Gasteiger partial charge in [0.15, 0.2) is 6.61 Å². The van der Waals surface area contributed by atoms with Crippen LogP contribution >= 0.6 is 31.9 Å². The molecule has 0 aliphatic carbocycles. The lowest BCUT2D eigenvalue weighted by Gasteiger charge is -2.08. The first kappa shape index (κ1) is 21.1. The molecule has 0 atom stereocenters. The number of hydrazone groups is 1. The fraction of sp³-hybridized carbons (Fsp3) is 0.211. The zero-order valence-electron chi connectivity index (χ0n) is 14.9. The predicted molar refractivity (Wildman–Crippen MR) is 113 cm³/mol. The molecule has 2 amide bonds. The fourth-order valence-electron chi connectivity index (χ4n) is 2.10. The van der Waals surface area contributed by atoms with Gasteiger partial charge in [-0.3, -0.25) is 9.59 Å². The molecule has 0 radical (unpaired) electrons. The molecule has 6 nitrogen and oxygen atoms in total. The van der Waals surface area contributed by atoms with Gasteiger partial charge in [-0.05, 0) is 65.7 Å². The van der Waals surface area contributed by atoms with Crippen molar-refractivity contribution in [1.82, 2.24) is 5.43 Å². The highest BCUT2D eigenvalue weighted by molar-refractivity contribution is 9.10. The molecule has 2 rings (SSSR count). The Labute approximate surface area is 174 Å². The first-order chi connectivity index (χ1) is 12.8. The molecule has 0 bridgehead atoms. The Morgan fingerprint density at radius 3 is 2.59 bits per heavy atom. The van der Waals surface area contributed by atoms with E-state index in [1.54, 1.807) is 25.1 Å². The number of benzene rings is 2. The highest BCUT2D eigenvalue weighted by atomic mass is 79.9. The molecule has 0 heterocycles. The average Bonchev–Trinajstić information content (AvgIpc) is 2.59. The van der Waals surface area contributed by atoms with Crippen LogP contribution in [-0.2, 0) is 9.59 Å². The van der Waals surface area contributed by atoms with Crippen molar-refractivity contribution in [2.24, 2.45) is 5.10 Å². The molecule has 2 aromatic carbocycles. The fourth-order valence-corrected chi connectivity index (χ4v) is 3.11. The zero-order valence-corrected chi connectivity index (χ0v) is 18.1. The summed E-state index contributed by atoms with van der Waals surface area (Å²) in [6.45, 7) is 3.45. The normalized spacial score (nSPS) is 11.0. The summed E-state index contributed by atoms with van der Waals surface area (Å²) in [6.07, 6.45) is 0.0666. The van der Waals surface area contributed by atoms with Crippen LogP contribution in [0.1, 0.15) is 18.9 Å². The van der Waals surface area contributed by atoms with E-state index in [1.807, 2.05) is 31.2 Å². The van der Waals surface area contributed by atoms with E-state index >= 15 is 0 Å². The van der Waals surface area contributed by atoms with Crippen molar-refractivity contribution in [3.05, 3.63) is 57.0 Å².